The van der Waals surface area contributed by atoms with E-state index in [1.54, 1.807) is 6.07 Å². The van der Waals surface area contributed by atoms with Crippen LogP contribution in [-0.4, -0.2) is 30.6 Å². The van der Waals surface area contributed by atoms with Crippen LogP contribution in [0.15, 0.2) is 121 Å². The van der Waals surface area contributed by atoms with Crippen LogP contribution in [0.25, 0.3) is 10.9 Å². The number of carbonyl (C=O) groups is 1. The highest BCUT2D eigenvalue weighted by molar-refractivity contribution is 7.88. The second-order valence-corrected chi connectivity index (χ2v) is 15.5. The molecule has 1 heterocycles. The summed E-state index contributed by atoms with van der Waals surface area (Å²) in [6.45, 7) is 1.87. The monoisotopic (exact) mass is 772 g/mol. The maximum atomic E-state index is 13.7. The van der Waals surface area contributed by atoms with E-state index < -0.39 is 33.5 Å². The Morgan fingerprint density at radius 1 is 0.815 bits per heavy atom. The molecule has 0 aliphatic rings. The number of fused-ring (bicyclic) bond motifs is 1. The van der Waals surface area contributed by atoms with E-state index in [-0.39, 0.29) is 24.6 Å². The zero-order valence-corrected chi connectivity index (χ0v) is 31.2. The number of carboxylic acid groups (broad SMARTS) is 1. The van der Waals surface area contributed by atoms with Gasteiger partial charge in [0.05, 0.1) is 22.9 Å². The van der Waals surface area contributed by atoms with Crippen molar-refractivity contribution in [2.75, 3.05) is 6.54 Å². The average molecular weight is 773 g/mol. The number of alkyl halides is 3. The van der Waals surface area contributed by atoms with Crippen molar-refractivity contribution in [3.05, 3.63) is 177 Å². The van der Waals surface area contributed by atoms with E-state index in [0.29, 0.717) is 36.3 Å². The van der Waals surface area contributed by atoms with Crippen molar-refractivity contribution in [1.82, 2.24) is 9.29 Å². The predicted molar refractivity (Wildman–Crippen MR) is 208 cm³/mol. The fourth-order valence-corrected chi connectivity index (χ4v) is 8.64. The van der Waals surface area contributed by atoms with E-state index in [4.69, 9.17) is 11.6 Å². The summed E-state index contributed by atoms with van der Waals surface area (Å²) >= 11 is 6.63. The molecule has 0 radical (unpaired) electrons. The largest absolute Gasteiger partial charge is 0.478 e. The molecular weight excluding hydrogens is 733 g/mol. The summed E-state index contributed by atoms with van der Waals surface area (Å²) in [7, 11) is -4.17. The first-order valence-electron chi connectivity index (χ1n) is 17.7. The van der Waals surface area contributed by atoms with Gasteiger partial charge < -0.3 is 9.67 Å². The number of carboxylic acids is 1. The number of aromatic nitrogens is 1. The molecule has 0 aliphatic carbocycles. The number of aryl methyl sites for hydroxylation is 3. The number of benzene rings is 5. The molecule has 0 aliphatic heterocycles. The molecule has 0 unspecified atom stereocenters. The van der Waals surface area contributed by atoms with Crippen LogP contribution in [0.4, 0.5) is 13.2 Å². The lowest BCUT2D eigenvalue weighted by molar-refractivity contribution is -0.138. The van der Waals surface area contributed by atoms with Crippen molar-refractivity contribution in [3.8, 4) is 0 Å². The molecule has 0 amide bonds. The minimum atomic E-state index is -4.69. The van der Waals surface area contributed by atoms with Crippen LogP contribution in [0.1, 0.15) is 74.4 Å². The van der Waals surface area contributed by atoms with Crippen molar-refractivity contribution in [1.29, 1.82) is 0 Å². The van der Waals surface area contributed by atoms with Crippen LogP contribution in [-0.2, 0) is 47.6 Å². The second kappa shape index (κ2) is 16.6. The number of nitrogens with zero attached hydrogens (tertiary/aromatic N) is 1. The smallest absolute Gasteiger partial charge is 0.416 e. The van der Waals surface area contributed by atoms with Crippen molar-refractivity contribution >= 4 is 38.5 Å². The molecule has 0 atom stereocenters. The van der Waals surface area contributed by atoms with Gasteiger partial charge in [0.15, 0.2) is 0 Å². The molecule has 54 heavy (non-hydrogen) atoms. The molecular formula is C43H40ClF3N2O4S. The minimum absolute atomic E-state index is 0.0552. The van der Waals surface area contributed by atoms with Gasteiger partial charge in [-0.15, -0.1) is 0 Å². The third-order valence-electron chi connectivity index (χ3n) is 9.70. The summed E-state index contributed by atoms with van der Waals surface area (Å²) in [4.78, 5) is 11.7. The molecule has 0 saturated carbocycles. The van der Waals surface area contributed by atoms with Gasteiger partial charge in [-0.25, -0.2) is 17.9 Å². The molecule has 0 saturated heterocycles. The Labute approximate surface area is 318 Å². The molecule has 280 valence electrons. The lowest BCUT2D eigenvalue weighted by Crippen LogP contribution is -2.29. The van der Waals surface area contributed by atoms with Gasteiger partial charge in [-0.2, -0.15) is 13.2 Å². The van der Waals surface area contributed by atoms with Crippen molar-refractivity contribution < 1.29 is 31.5 Å². The average Bonchev–Trinajstić information content (AvgIpc) is 3.43. The molecule has 2 N–H and O–H groups in total. The van der Waals surface area contributed by atoms with Crippen molar-refractivity contribution in [3.63, 3.8) is 0 Å². The third kappa shape index (κ3) is 8.89. The van der Waals surface area contributed by atoms with Crippen LogP contribution < -0.4 is 4.72 Å². The molecule has 11 heteroatoms. The van der Waals surface area contributed by atoms with Crippen LogP contribution in [0, 0.1) is 0 Å². The fourth-order valence-electron chi connectivity index (χ4n) is 7.29. The second-order valence-electron chi connectivity index (χ2n) is 13.2. The minimum Gasteiger partial charge on any atom is -0.478 e. The van der Waals surface area contributed by atoms with E-state index in [2.05, 4.69) is 33.6 Å². The lowest BCUT2D eigenvalue weighted by atomic mass is 9.96. The molecule has 6 rings (SSSR count). The van der Waals surface area contributed by atoms with Gasteiger partial charge >= 0.3 is 12.1 Å². The van der Waals surface area contributed by atoms with Gasteiger partial charge in [-0.1, -0.05) is 110 Å². The normalized spacial score (nSPS) is 12.1. The summed E-state index contributed by atoms with van der Waals surface area (Å²) in [6, 6.07) is 35.6. The lowest BCUT2D eigenvalue weighted by Gasteiger charge is -2.25. The number of sulfonamides is 1. The molecule has 5 aromatic carbocycles. The number of nitrogens with one attached hydrogen (secondary N) is 1. The zero-order valence-electron chi connectivity index (χ0n) is 29.6. The summed E-state index contributed by atoms with van der Waals surface area (Å²) in [5.74, 6) is -1.77. The summed E-state index contributed by atoms with van der Waals surface area (Å²) in [6.07, 6.45) is -1.89. The highest BCUT2D eigenvalue weighted by Gasteiger charge is 2.34. The topological polar surface area (TPSA) is 88.4 Å². The van der Waals surface area contributed by atoms with E-state index in [9.17, 15) is 31.5 Å². The van der Waals surface area contributed by atoms with Gasteiger partial charge in [0.2, 0.25) is 10.0 Å². The molecule has 1 aromatic heterocycles. The summed E-state index contributed by atoms with van der Waals surface area (Å²) in [5, 5.41) is 11.1. The molecule has 0 spiro atoms. The number of hydrogen-bond acceptors (Lipinski definition) is 3. The first-order valence-corrected chi connectivity index (χ1v) is 19.8. The van der Waals surface area contributed by atoms with Crippen LogP contribution in [0.2, 0.25) is 5.02 Å². The first-order chi connectivity index (χ1) is 25.9. The molecule has 6 nitrogen and oxygen atoms in total. The van der Waals surface area contributed by atoms with Gasteiger partial charge in [0.25, 0.3) is 0 Å². The predicted octanol–water partition coefficient (Wildman–Crippen LogP) is 10.0. The van der Waals surface area contributed by atoms with Crippen LogP contribution in [0.5, 0.6) is 0 Å². The van der Waals surface area contributed by atoms with Crippen LogP contribution in [0.3, 0.4) is 0 Å². The van der Waals surface area contributed by atoms with E-state index >= 15 is 0 Å². The molecule has 0 bridgehead atoms. The summed E-state index contributed by atoms with van der Waals surface area (Å²) < 4.78 is 72.7. The fraction of sp³-hybridized carbons (Fsp3) is 0.233. The first kappa shape index (κ1) is 38.8. The van der Waals surface area contributed by atoms with Gasteiger partial charge in [0, 0.05) is 34.6 Å². The van der Waals surface area contributed by atoms with E-state index in [0.717, 1.165) is 50.5 Å². The van der Waals surface area contributed by atoms with Crippen LogP contribution >= 0.6 is 11.6 Å². The maximum absolute atomic E-state index is 13.7. The Hall–Kier alpha value is -4.90. The highest BCUT2D eigenvalue weighted by atomic mass is 35.5. The van der Waals surface area contributed by atoms with Gasteiger partial charge in [-0.05, 0) is 89.4 Å². The number of rotatable bonds is 15. The Morgan fingerprint density at radius 3 is 2.09 bits per heavy atom. The van der Waals surface area contributed by atoms with Crippen molar-refractivity contribution in [2.45, 2.75) is 57.0 Å². The molecule has 0 fully saturated rings. The van der Waals surface area contributed by atoms with Gasteiger partial charge in [-0.3, -0.25) is 0 Å². The van der Waals surface area contributed by atoms with Crippen molar-refractivity contribution in [2.24, 2.45) is 0 Å². The third-order valence-corrected chi connectivity index (χ3v) is 11.3. The maximum Gasteiger partial charge on any atom is 0.416 e. The SMILES string of the molecule is CCc1cc(CCCc2c(CCNS(=O)(=O)Cc3ccccc3C(F)(F)F)n(C(c3ccccc3)c3ccccc3)c3ccc(Cl)cc23)ccc1C(=O)O. The Kier molecular flexibility index (Phi) is 12.0. The number of hydrogen-bond donors (Lipinski definition) is 2. The number of halogens is 4. The summed E-state index contributed by atoms with van der Waals surface area (Å²) in [5.41, 5.74) is 5.56. The Morgan fingerprint density at radius 2 is 1.46 bits per heavy atom. The zero-order chi connectivity index (χ0) is 38.5. The quantitative estimate of drug-likeness (QED) is 0.109. The van der Waals surface area contributed by atoms with Gasteiger partial charge in [0.1, 0.15) is 0 Å². The Balaban J connectivity index is 1.40. The molecule has 6 aromatic rings. The van der Waals surface area contributed by atoms with E-state index in [1.807, 2.05) is 73.7 Å². The van der Waals surface area contributed by atoms with E-state index in [1.165, 1.54) is 18.2 Å². The standard InChI is InChI=1S/C43H40ClF3N2O4S/c1-2-30-26-29(20-22-35(30)42(50)51)12-11-18-36-37-27-34(44)21-23-39(37)49(41(31-13-5-3-6-14-31)32-15-7-4-8-16-32)40(36)24-25-48-54(52,53)28-33-17-9-10-19-38(33)43(45,46)47/h3-10,13-17,19-23,26-27,41,48H,2,11-12,18,24-25,28H2,1H3,(H,50,51). The Bertz CT molecular complexity index is 2320. The number of aromatic carboxylic acids is 1. The highest BCUT2D eigenvalue weighted by Crippen LogP contribution is 2.38.